The molecular weight excluding hydrogens is 336 g/mol. The van der Waals surface area contributed by atoms with Crippen molar-refractivity contribution in [2.45, 2.75) is 27.3 Å². The quantitative estimate of drug-likeness (QED) is 0.634. The molecule has 3 rings (SSSR count). The maximum Gasteiger partial charge on any atom is 0.251 e. The summed E-state index contributed by atoms with van der Waals surface area (Å²) < 4.78 is 1.98. The number of carbonyl (C=O) groups is 1. The first-order valence-corrected chi connectivity index (χ1v) is 9.22. The summed E-state index contributed by atoms with van der Waals surface area (Å²) in [5.74, 6) is -0.0407. The van der Waals surface area contributed by atoms with E-state index in [-0.39, 0.29) is 5.91 Å². The molecule has 5 nitrogen and oxygen atoms in total. The van der Waals surface area contributed by atoms with Gasteiger partial charge in [-0.25, -0.2) is 4.68 Å². The van der Waals surface area contributed by atoms with Gasteiger partial charge in [0.25, 0.3) is 5.91 Å². The van der Waals surface area contributed by atoms with Gasteiger partial charge < -0.3 is 10.6 Å². The largest absolute Gasteiger partial charge is 0.351 e. The highest BCUT2D eigenvalue weighted by molar-refractivity contribution is 5.94. The molecule has 27 heavy (non-hydrogen) atoms. The minimum atomic E-state index is -0.0407. The van der Waals surface area contributed by atoms with Crippen LogP contribution in [0.3, 0.4) is 0 Å². The monoisotopic (exact) mass is 362 g/mol. The molecule has 0 aliphatic heterocycles. The molecular formula is C22H26N4O. The smallest absolute Gasteiger partial charge is 0.251 e. The van der Waals surface area contributed by atoms with E-state index in [1.54, 1.807) is 0 Å². The first-order valence-electron chi connectivity index (χ1n) is 9.22. The molecule has 3 aromatic rings. The van der Waals surface area contributed by atoms with Crippen LogP contribution >= 0.6 is 0 Å². The predicted molar refractivity (Wildman–Crippen MR) is 108 cm³/mol. The number of aryl methyl sites for hydroxylation is 2. The highest BCUT2D eigenvalue weighted by Gasteiger charge is 2.12. The first-order chi connectivity index (χ1) is 13.1. The SMILES string of the molecule is Cc1ccc(C(=O)NCCNCc2c(C)nn(-c3ccccc3)c2C)cc1. The van der Waals surface area contributed by atoms with Gasteiger partial charge in [0, 0.05) is 36.5 Å². The summed E-state index contributed by atoms with van der Waals surface area (Å²) in [4.78, 5) is 12.1. The van der Waals surface area contributed by atoms with Crippen LogP contribution in [0.1, 0.15) is 32.9 Å². The van der Waals surface area contributed by atoms with Crippen molar-refractivity contribution >= 4 is 5.91 Å². The molecule has 5 heteroatoms. The van der Waals surface area contributed by atoms with Gasteiger partial charge in [-0.15, -0.1) is 0 Å². The van der Waals surface area contributed by atoms with Gasteiger partial charge in [0.05, 0.1) is 11.4 Å². The van der Waals surface area contributed by atoms with Gasteiger partial charge in [-0.1, -0.05) is 35.9 Å². The number of benzene rings is 2. The summed E-state index contributed by atoms with van der Waals surface area (Å²) in [5, 5.41) is 11.0. The number of rotatable bonds is 7. The van der Waals surface area contributed by atoms with Crippen molar-refractivity contribution in [2.24, 2.45) is 0 Å². The summed E-state index contributed by atoms with van der Waals surface area (Å²) >= 11 is 0. The Morgan fingerprint density at radius 1 is 0.963 bits per heavy atom. The molecule has 140 valence electrons. The van der Waals surface area contributed by atoms with Crippen LogP contribution in [0.25, 0.3) is 5.69 Å². The average Bonchev–Trinajstić information content (AvgIpc) is 2.97. The Morgan fingerprint density at radius 3 is 2.37 bits per heavy atom. The van der Waals surface area contributed by atoms with Crippen LogP contribution in [0.2, 0.25) is 0 Å². The number of hydrogen-bond acceptors (Lipinski definition) is 3. The summed E-state index contributed by atoms with van der Waals surface area (Å²) in [7, 11) is 0. The molecule has 1 amide bonds. The van der Waals surface area contributed by atoms with Crippen molar-refractivity contribution in [3.8, 4) is 5.69 Å². The van der Waals surface area contributed by atoms with Gasteiger partial charge in [-0.05, 0) is 45.0 Å². The Kier molecular flexibility index (Phi) is 6.04. The predicted octanol–water partition coefficient (Wildman–Crippen LogP) is 3.32. The molecule has 2 N–H and O–H groups in total. The molecule has 0 bridgehead atoms. The van der Waals surface area contributed by atoms with Crippen LogP contribution in [0.4, 0.5) is 0 Å². The molecule has 0 saturated heterocycles. The molecule has 0 unspecified atom stereocenters. The Morgan fingerprint density at radius 2 is 1.67 bits per heavy atom. The maximum atomic E-state index is 12.1. The number of para-hydroxylation sites is 1. The number of carbonyl (C=O) groups excluding carboxylic acids is 1. The molecule has 0 atom stereocenters. The third-order valence-electron chi connectivity index (χ3n) is 4.64. The second kappa shape index (κ2) is 8.64. The van der Waals surface area contributed by atoms with E-state index in [4.69, 9.17) is 0 Å². The lowest BCUT2D eigenvalue weighted by Gasteiger charge is -2.08. The topological polar surface area (TPSA) is 59.0 Å². The minimum Gasteiger partial charge on any atom is -0.351 e. The first kappa shape index (κ1) is 18.9. The highest BCUT2D eigenvalue weighted by atomic mass is 16.1. The number of nitrogens with zero attached hydrogens (tertiary/aromatic N) is 2. The molecule has 1 aromatic heterocycles. The van der Waals surface area contributed by atoms with Crippen LogP contribution in [0.5, 0.6) is 0 Å². The molecule has 0 spiro atoms. The summed E-state index contributed by atoms with van der Waals surface area (Å²) in [5.41, 5.74) is 6.26. The Balaban J connectivity index is 1.50. The maximum absolute atomic E-state index is 12.1. The van der Waals surface area contributed by atoms with E-state index in [1.807, 2.05) is 61.0 Å². The molecule has 0 fully saturated rings. The Bertz CT molecular complexity index is 898. The fraction of sp³-hybridized carbons (Fsp3) is 0.273. The second-order valence-corrected chi connectivity index (χ2v) is 6.70. The van der Waals surface area contributed by atoms with Crippen LogP contribution in [0, 0.1) is 20.8 Å². The molecule has 2 aromatic carbocycles. The van der Waals surface area contributed by atoms with Crippen molar-refractivity contribution < 1.29 is 4.79 Å². The van der Waals surface area contributed by atoms with E-state index in [0.717, 1.165) is 29.2 Å². The third kappa shape index (κ3) is 4.63. The average molecular weight is 362 g/mol. The molecule has 0 radical (unpaired) electrons. The van der Waals surface area contributed by atoms with E-state index in [2.05, 4.69) is 34.8 Å². The lowest BCUT2D eigenvalue weighted by Crippen LogP contribution is -2.31. The van der Waals surface area contributed by atoms with Gasteiger partial charge in [-0.3, -0.25) is 4.79 Å². The highest BCUT2D eigenvalue weighted by Crippen LogP contribution is 2.17. The summed E-state index contributed by atoms with van der Waals surface area (Å²) in [6, 6.07) is 17.7. The standard InChI is InChI=1S/C22H26N4O/c1-16-9-11-19(12-10-16)22(27)24-14-13-23-15-21-17(2)25-26(18(21)3)20-7-5-4-6-8-20/h4-12,23H,13-15H2,1-3H3,(H,24,27). The van der Waals surface area contributed by atoms with Crippen molar-refractivity contribution in [3.63, 3.8) is 0 Å². The zero-order chi connectivity index (χ0) is 19.2. The fourth-order valence-electron chi connectivity index (χ4n) is 3.04. The number of amides is 1. The van der Waals surface area contributed by atoms with E-state index in [0.29, 0.717) is 18.7 Å². The number of aromatic nitrogens is 2. The molecule has 0 aliphatic carbocycles. The van der Waals surface area contributed by atoms with Gasteiger partial charge in [0.15, 0.2) is 0 Å². The van der Waals surface area contributed by atoms with Gasteiger partial charge >= 0.3 is 0 Å². The Hall–Kier alpha value is -2.92. The summed E-state index contributed by atoms with van der Waals surface area (Å²) in [6.45, 7) is 8.14. The lowest BCUT2D eigenvalue weighted by atomic mass is 10.1. The Labute approximate surface area is 160 Å². The van der Waals surface area contributed by atoms with Gasteiger partial charge in [-0.2, -0.15) is 5.10 Å². The molecule has 0 saturated carbocycles. The van der Waals surface area contributed by atoms with E-state index in [9.17, 15) is 4.79 Å². The van der Waals surface area contributed by atoms with E-state index in [1.165, 1.54) is 5.56 Å². The van der Waals surface area contributed by atoms with Crippen molar-refractivity contribution in [3.05, 3.63) is 82.7 Å². The van der Waals surface area contributed by atoms with Crippen molar-refractivity contribution in [2.75, 3.05) is 13.1 Å². The number of hydrogen-bond donors (Lipinski definition) is 2. The second-order valence-electron chi connectivity index (χ2n) is 6.70. The van der Waals surface area contributed by atoms with Crippen LogP contribution in [-0.4, -0.2) is 28.8 Å². The van der Waals surface area contributed by atoms with E-state index >= 15 is 0 Å². The minimum absolute atomic E-state index is 0.0407. The van der Waals surface area contributed by atoms with Gasteiger partial charge in [0.1, 0.15) is 0 Å². The van der Waals surface area contributed by atoms with Crippen LogP contribution in [0.15, 0.2) is 54.6 Å². The fourth-order valence-corrected chi connectivity index (χ4v) is 3.04. The summed E-state index contributed by atoms with van der Waals surface area (Å²) in [6.07, 6.45) is 0. The van der Waals surface area contributed by atoms with Crippen LogP contribution < -0.4 is 10.6 Å². The van der Waals surface area contributed by atoms with Gasteiger partial charge in [0.2, 0.25) is 0 Å². The van der Waals surface area contributed by atoms with Crippen LogP contribution in [-0.2, 0) is 6.54 Å². The number of nitrogens with one attached hydrogen (secondary N) is 2. The zero-order valence-corrected chi connectivity index (χ0v) is 16.1. The van der Waals surface area contributed by atoms with Crippen molar-refractivity contribution in [1.82, 2.24) is 20.4 Å². The molecule has 0 aliphatic rings. The van der Waals surface area contributed by atoms with E-state index < -0.39 is 0 Å². The van der Waals surface area contributed by atoms with Crippen molar-refractivity contribution in [1.29, 1.82) is 0 Å². The normalized spacial score (nSPS) is 10.8. The third-order valence-corrected chi connectivity index (χ3v) is 4.64. The zero-order valence-electron chi connectivity index (χ0n) is 16.1. The lowest BCUT2D eigenvalue weighted by molar-refractivity contribution is 0.0954. The molecule has 1 heterocycles.